The van der Waals surface area contributed by atoms with Gasteiger partial charge in [-0.1, -0.05) is 48.4 Å². The van der Waals surface area contributed by atoms with E-state index in [1.807, 2.05) is 6.07 Å². The first-order chi connectivity index (χ1) is 13.2. The third-order valence-corrected chi connectivity index (χ3v) is 6.50. The van der Waals surface area contributed by atoms with Crippen LogP contribution >= 0.6 is 0 Å². The van der Waals surface area contributed by atoms with Crippen molar-refractivity contribution in [1.29, 1.82) is 0 Å². The van der Waals surface area contributed by atoms with E-state index in [0.29, 0.717) is 0 Å². The molecular formula is C19H16N2O6S. The van der Waals surface area contributed by atoms with Crippen LogP contribution in [-0.2, 0) is 26.2 Å². The molecule has 1 fully saturated rings. The molecule has 3 atom stereocenters. The number of hydrogen-bond donors (Lipinski definition) is 0. The molecule has 0 aliphatic carbocycles. The number of benzene rings is 2. The molecule has 2 aromatic carbocycles. The van der Waals surface area contributed by atoms with Crippen molar-refractivity contribution >= 4 is 21.7 Å². The van der Waals surface area contributed by atoms with E-state index in [0.717, 1.165) is 22.0 Å². The predicted molar refractivity (Wildman–Crippen MR) is 99.4 cm³/mol. The van der Waals surface area contributed by atoms with Crippen LogP contribution < -0.4 is 0 Å². The standard InChI is InChI=1S/C19H16N2O6S/c1-3-19(2)17(18(22)27-13-14-9-5-4-6-10-14)20(19)28(25,26)16-12-8-7-11-15(16)21(23)24/h1,4-12,17H,13H2,2H3/t17-,19-,20?/m0/s1. The zero-order valence-corrected chi connectivity index (χ0v) is 15.6. The van der Waals surface area contributed by atoms with Gasteiger partial charge in [0.2, 0.25) is 0 Å². The van der Waals surface area contributed by atoms with Crippen molar-refractivity contribution in [3.8, 4) is 12.3 Å². The minimum absolute atomic E-state index is 0.0454. The summed E-state index contributed by atoms with van der Waals surface area (Å²) >= 11 is 0. The van der Waals surface area contributed by atoms with Crippen molar-refractivity contribution in [3.05, 3.63) is 70.3 Å². The molecule has 0 spiro atoms. The molecule has 8 nitrogen and oxygen atoms in total. The first kappa shape index (κ1) is 19.5. The minimum atomic E-state index is -4.39. The zero-order chi connectivity index (χ0) is 20.5. The molecule has 0 N–H and O–H groups in total. The highest BCUT2D eigenvalue weighted by Crippen LogP contribution is 2.47. The van der Waals surface area contributed by atoms with Gasteiger partial charge in [0.15, 0.2) is 10.9 Å². The number of esters is 1. The van der Waals surface area contributed by atoms with Gasteiger partial charge < -0.3 is 4.74 Å². The Kier molecular flexibility index (Phi) is 4.93. The second-order valence-corrected chi connectivity index (χ2v) is 8.10. The summed E-state index contributed by atoms with van der Waals surface area (Å²) in [5, 5.41) is 11.2. The molecule has 0 aromatic heterocycles. The molecule has 3 rings (SSSR count). The molecule has 1 unspecified atom stereocenters. The fourth-order valence-electron chi connectivity index (χ4n) is 2.96. The number of carbonyl (C=O) groups excluding carboxylic acids is 1. The van der Waals surface area contributed by atoms with Gasteiger partial charge in [0, 0.05) is 6.07 Å². The zero-order valence-electron chi connectivity index (χ0n) is 14.8. The topological polar surface area (TPSA) is 107 Å². The van der Waals surface area contributed by atoms with E-state index in [1.165, 1.54) is 19.1 Å². The van der Waals surface area contributed by atoms with Gasteiger partial charge in [-0.2, -0.15) is 4.31 Å². The molecule has 0 amide bonds. The van der Waals surface area contributed by atoms with E-state index >= 15 is 0 Å². The van der Waals surface area contributed by atoms with Crippen LogP contribution in [0.15, 0.2) is 59.5 Å². The van der Waals surface area contributed by atoms with Crippen LogP contribution in [0.3, 0.4) is 0 Å². The van der Waals surface area contributed by atoms with Gasteiger partial charge in [-0.05, 0) is 18.6 Å². The number of sulfonamides is 1. The summed E-state index contributed by atoms with van der Waals surface area (Å²) in [6.45, 7) is 1.35. The van der Waals surface area contributed by atoms with Gasteiger partial charge in [0.1, 0.15) is 12.1 Å². The average molecular weight is 400 g/mol. The van der Waals surface area contributed by atoms with Crippen molar-refractivity contribution in [2.24, 2.45) is 0 Å². The van der Waals surface area contributed by atoms with Crippen molar-refractivity contribution in [3.63, 3.8) is 0 Å². The van der Waals surface area contributed by atoms with Crippen molar-refractivity contribution in [2.75, 3.05) is 0 Å². The number of ether oxygens (including phenoxy) is 1. The van der Waals surface area contributed by atoms with Gasteiger partial charge in [-0.3, -0.25) is 14.9 Å². The summed E-state index contributed by atoms with van der Waals surface area (Å²) in [6, 6.07) is 12.5. The minimum Gasteiger partial charge on any atom is -0.460 e. The molecule has 0 bridgehead atoms. The van der Waals surface area contributed by atoms with E-state index in [-0.39, 0.29) is 6.61 Å². The number of hydrogen-bond acceptors (Lipinski definition) is 6. The van der Waals surface area contributed by atoms with Crippen LogP contribution in [0.25, 0.3) is 0 Å². The molecule has 0 saturated carbocycles. The van der Waals surface area contributed by atoms with E-state index in [4.69, 9.17) is 11.2 Å². The summed E-state index contributed by atoms with van der Waals surface area (Å²) in [5.74, 6) is 1.48. The highest BCUT2D eigenvalue weighted by atomic mass is 32.2. The number of rotatable bonds is 6. The summed E-state index contributed by atoms with van der Waals surface area (Å²) in [4.78, 5) is 22.4. The summed E-state index contributed by atoms with van der Waals surface area (Å²) in [5.41, 5.74) is -1.33. The fourth-order valence-corrected chi connectivity index (χ4v) is 5.00. The number of terminal acetylenes is 1. The number of carbonyl (C=O) groups is 1. The lowest BCUT2D eigenvalue weighted by molar-refractivity contribution is -0.387. The summed E-state index contributed by atoms with van der Waals surface area (Å²) in [7, 11) is -4.39. The molecule has 9 heteroatoms. The molecule has 2 aromatic rings. The largest absolute Gasteiger partial charge is 0.460 e. The average Bonchev–Trinajstić information content (AvgIpc) is 3.34. The summed E-state index contributed by atoms with van der Waals surface area (Å²) in [6.07, 6.45) is 5.47. The van der Waals surface area contributed by atoms with Crippen LogP contribution in [0.1, 0.15) is 12.5 Å². The molecule has 1 aliphatic heterocycles. The van der Waals surface area contributed by atoms with Crippen LogP contribution in [0.2, 0.25) is 0 Å². The second-order valence-electron chi connectivity index (χ2n) is 6.31. The van der Waals surface area contributed by atoms with Crippen LogP contribution in [-0.4, -0.2) is 35.2 Å². The Morgan fingerprint density at radius 1 is 1.25 bits per heavy atom. The second kappa shape index (κ2) is 7.07. The molecule has 28 heavy (non-hydrogen) atoms. The van der Waals surface area contributed by atoms with Crippen molar-refractivity contribution in [2.45, 2.75) is 30.0 Å². The Hall–Kier alpha value is -3.22. The van der Waals surface area contributed by atoms with Crippen molar-refractivity contribution < 1.29 is 22.9 Å². The Morgan fingerprint density at radius 3 is 2.46 bits per heavy atom. The molecule has 1 saturated heterocycles. The molecule has 1 aliphatic rings. The monoisotopic (exact) mass is 400 g/mol. The van der Waals surface area contributed by atoms with Gasteiger partial charge in [-0.15, -0.1) is 6.42 Å². The molecule has 144 valence electrons. The van der Waals surface area contributed by atoms with E-state index in [9.17, 15) is 23.3 Å². The molecule has 0 radical (unpaired) electrons. The van der Waals surface area contributed by atoms with Gasteiger partial charge in [0.25, 0.3) is 15.7 Å². The smallest absolute Gasteiger partial charge is 0.327 e. The lowest BCUT2D eigenvalue weighted by Gasteiger charge is -2.08. The van der Waals surface area contributed by atoms with Gasteiger partial charge in [0.05, 0.1) is 4.92 Å². The number of nitro benzene ring substituents is 1. The number of nitrogens with zero attached hydrogens (tertiary/aromatic N) is 2. The van der Waals surface area contributed by atoms with E-state index in [1.54, 1.807) is 24.3 Å². The first-order valence-electron chi connectivity index (χ1n) is 8.20. The first-order valence-corrected chi connectivity index (χ1v) is 9.64. The summed E-state index contributed by atoms with van der Waals surface area (Å²) < 4.78 is 32.0. The van der Waals surface area contributed by atoms with E-state index in [2.05, 4.69) is 5.92 Å². The molecular weight excluding hydrogens is 384 g/mol. The Bertz CT molecular complexity index is 1080. The lowest BCUT2D eigenvalue weighted by atomic mass is 10.1. The maximum atomic E-state index is 13.0. The van der Waals surface area contributed by atoms with Crippen molar-refractivity contribution in [1.82, 2.24) is 4.31 Å². The lowest BCUT2D eigenvalue weighted by Crippen LogP contribution is -2.22. The van der Waals surface area contributed by atoms with Gasteiger partial charge >= 0.3 is 5.97 Å². The SMILES string of the molecule is C#C[C@@]1(C)[C@H](C(=O)OCc2ccccc2)N1S(=O)(=O)c1ccccc1[N+](=O)[O-]. The third-order valence-electron chi connectivity index (χ3n) is 4.50. The normalized spacial score (nSPS) is 23.4. The van der Waals surface area contributed by atoms with Gasteiger partial charge in [-0.25, -0.2) is 8.42 Å². The Balaban J connectivity index is 1.88. The van der Waals surface area contributed by atoms with Crippen LogP contribution in [0, 0.1) is 22.5 Å². The Morgan fingerprint density at radius 2 is 1.86 bits per heavy atom. The maximum Gasteiger partial charge on any atom is 0.327 e. The highest BCUT2D eigenvalue weighted by molar-refractivity contribution is 7.89. The quantitative estimate of drug-likeness (QED) is 0.242. The maximum absolute atomic E-state index is 13.0. The fraction of sp³-hybridized carbons (Fsp3) is 0.211. The predicted octanol–water partition coefficient (Wildman–Crippen LogP) is 2.10. The van der Waals surface area contributed by atoms with E-state index < -0.39 is 43.1 Å². The third kappa shape index (κ3) is 3.24. The van der Waals surface area contributed by atoms with Crippen LogP contribution in [0.5, 0.6) is 0 Å². The number of para-hydroxylation sites is 1. The Labute approximate surface area is 161 Å². The van der Waals surface area contributed by atoms with Crippen LogP contribution in [0.4, 0.5) is 5.69 Å². The number of nitro groups is 1. The highest BCUT2D eigenvalue weighted by Gasteiger charge is 2.70. The molecule has 1 heterocycles.